The third kappa shape index (κ3) is 3.63. The van der Waals surface area contributed by atoms with Crippen LogP contribution in [-0.2, 0) is 11.2 Å². The molecular weight excluding hydrogens is 362 g/mol. The predicted octanol–water partition coefficient (Wildman–Crippen LogP) is 4.69. The second-order valence-electron chi connectivity index (χ2n) is 7.50. The number of hydrogen-bond acceptors (Lipinski definition) is 2. The van der Waals surface area contributed by atoms with E-state index in [0.29, 0.717) is 29.8 Å². The van der Waals surface area contributed by atoms with Crippen molar-refractivity contribution in [2.45, 2.75) is 38.5 Å². The normalized spacial score (nSPS) is 16.7. The van der Waals surface area contributed by atoms with Gasteiger partial charge in [0.2, 0.25) is 5.91 Å². The molecule has 1 fully saturated rings. The Labute approximate surface area is 162 Å². The Kier molecular flexibility index (Phi) is 5.11. The lowest BCUT2D eigenvalue weighted by atomic mass is 9.88. The van der Waals surface area contributed by atoms with E-state index in [-0.39, 0.29) is 23.4 Å². The van der Waals surface area contributed by atoms with E-state index < -0.39 is 11.6 Å². The van der Waals surface area contributed by atoms with Gasteiger partial charge in [-0.3, -0.25) is 9.59 Å². The highest BCUT2D eigenvalue weighted by molar-refractivity contribution is 6.08. The number of rotatable bonds is 3. The molecule has 28 heavy (non-hydrogen) atoms. The smallest absolute Gasteiger partial charge is 0.258 e. The molecule has 0 aromatic heterocycles. The van der Waals surface area contributed by atoms with Gasteiger partial charge in [0.1, 0.15) is 11.6 Å². The van der Waals surface area contributed by atoms with E-state index in [4.69, 9.17) is 0 Å². The minimum Gasteiger partial charge on any atom is -0.326 e. The van der Waals surface area contributed by atoms with Gasteiger partial charge in [0.15, 0.2) is 0 Å². The van der Waals surface area contributed by atoms with Crippen molar-refractivity contribution in [2.24, 2.45) is 5.92 Å². The predicted molar refractivity (Wildman–Crippen MR) is 103 cm³/mol. The van der Waals surface area contributed by atoms with Crippen LogP contribution in [0.15, 0.2) is 36.4 Å². The molecule has 1 heterocycles. The highest BCUT2D eigenvalue weighted by atomic mass is 19.1. The van der Waals surface area contributed by atoms with Gasteiger partial charge in [-0.15, -0.1) is 0 Å². The highest BCUT2D eigenvalue weighted by Gasteiger charge is 2.29. The number of amides is 2. The zero-order valence-corrected chi connectivity index (χ0v) is 15.5. The first kappa shape index (κ1) is 18.6. The van der Waals surface area contributed by atoms with Gasteiger partial charge in [-0.2, -0.15) is 0 Å². The summed E-state index contributed by atoms with van der Waals surface area (Å²) in [4.78, 5) is 26.8. The molecule has 2 amide bonds. The number of benzene rings is 2. The zero-order chi connectivity index (χ0) is 19.7. The van der Waals surface area contributed by atoms with E-state index in [9.17, 15) is 18.4 Å². The van der Waals surface area contributed by atoms with Crippen LogP contribution < -0.4 is 10.2 Å². The highest BCUT2D eigenvalue weighted by Crippen LogP contribution is 2.32. The Hall–Kier alpha value is -2.76. The monoisotopic (exact) mass is 384 g/mol. The number of carbonyl (C=O) groups excluding carboxylic acids is 2. The van der Waals surface area contributed by atoms with Crippen LogP contribution in [0.2, 0.25) is 0 Å². The summed E-state index contributed by atoms with van der Waals surface area (Å²) >= 11 is 0. The van der Waals surface area contributed by atoms with Gasteiger partial charge < -0.3 is 10.2 Å². The summed E-state index contributed by atoms with van der Waals surface area (Å²) in [6.07, 6.45) is 5.45. The zero-order valence-electron chi connectivity index (χ0n) is 15.5. The van der Waals surface area contributed by atoms with Crippen LogP contribution in [0.25, 0.3) is 0 Å². The topological polar surface area (TPSA) is 49.4 Å². The van der Waals surface area contributed by atoms with Crippen molar-refractivity contribution in [3.8, 4) is 0 Å². The van der Waals surface area contributed by atoms with Crippen molar-refractivity contribution in [1.29, 1.82) is 0 Å². The molecule has 2 aromatic carbocycles. The number of nitrogens with one attached hydrogen (secondary N) is 1. The van der Waals surface area contributed by atoms with E-state index in [1.54, 1.807) is 24.3 Å². The summed E-state index contributed by atoms with van der Waals surface area (Å²) in [6, 6.07) is 8.75. The van der Waals surface area contributed by atoms with E-state index in [1.165, 1.54) is 17.4 Å². The third-order valence-electron chi connectivity index (χ3n) is 5.61. The average Bonchev–Trinajstić information content (AvgIpc) is 3.12. The number of carbonyl (C=O) groups is 2. The SMILES string of the molecule is O=C(Nc1cccc(C(=O)N2CCc3c(F)cc(F)cc32)c1)C1CCCCC1. The molecule has 0 spiro atoms. The minimum absolute atomic E-state index is 0.0139. The van der Waals surface area contributed by atoms with Crippen molar-refractivity contribution >= 4 is 23.2 Å². The van der Waals surface area contributed by atoms with Gasteiger partial charge >= 0.3 is 0 Å². The molecule has 0 atom stereocenters. The standard InChI is InChI=1S/C22H22F2N2O2/c23-16-12-19(24)18-9-10-26(20(18)13-16)22(28)15-7-4-8-17(11-15)25-21(27)14-5-2-1-3-6-14/h4,7-8,11-14H,1-3,5-6,9-10H2,(H,25,27). The van der Waals surface area contributed by atoms with Crippen LogP contribution in [-0.4, -0.2) is 18.4 Å². The lowest BCUT2D eigenvalue weighted by Gasteiger charge is -2.21. The molecule has 0 radical (unpaired) electrons. The Morgan fingerprint density at radius 1 is 1.04 bits per heavy atom. The molecule has 4 nitrogen and oxygen atoms in total. The third-order valence-corrected chi connectivity index (χ3v) is 5.61. The van der Waals surface area contributed by atoms with Crippen molar-refractivity contribution in [2.75, 3.05) is 16.8 Å². The maximum Gasteiger partial charge on any atom is 0.258 e. The van der Waals surface area contributed by atoms with Crippen molar-refractivity contribution in [3.63, 3.8) is 0 Å². The molecule has 1 saturated carbocycles. The van der Waals surface area contributed by atoms with Crippen molar-refractivity contribution in [1.82, 2.24) is 0 Å². The van der Waals surface area contributed by atoms with Crippen molar-refractivity contribution < 1.29 is 18.4 Å². The van der Waals surface area contributed by atoms with Crippen LogP contribution in [0.5, 0.6) is 0 Å². The van der Waals surface area contributed by atoms with Crippen LogP contribution in [0.3, 0.4) is 0 Å². The summed E-state index contributed by atoms with van der Waals surface area (Å²) in [6.45, 7) is 0.299. The fourth-order valence-electron chi connectivity index (χ4n) is 4.13. The van der Waals surface area contributed by atoms with Crippen LogP contribution in [0.4, 0.5) is 20.2 Å². The first-order valence-electron chi connectivity index (χ1n) is 9.73. The number of anilines is 2. The number of halogens is 2. The number of fused-ring (bicyclic) bond motifs is 1. The Bertz CT molecular complexity index is 923. The van der Waals surface area contributed by atoms with Crippen LogP contribution >= 0.6 is 0 Å². The van der Waals surface area contributed by atoms with Gasteiger partial charge in [0.25, 0.3) is 5.91 Å². The van der Waals surface area contributed by atoms with Gasteiger partial charge in [-0.05, 0) is 43.5 Å². The largest absolute Gasteiger partial charge is 0.326 e. The minimum atomic E-state index is -0.704. The second-order valence-corrected chi connectivity index (χ2v) is 7.50. The lowest BCUT2D eigenvalue weighted by molar-refractivity contribution is -0.120. The number of nitrogens with zero attached hydrogens (tertiary/aromatic N) is 1. The summed E-state index contributed by atoms with van der Waals surface area (Å²) in [5.74, 6) is -1.66. The first-order valence-corrected chi connectivity index (χ1v) is 9.73. The summed E-state index contributed by atoms with van der Waals surface area (Å²) < 4.78 is 27.6. The quantitative estimate of drug-likeness (QED) is 0.835. The average molecular weight is 384 g/mol. The molecule has 0 bridgehead atoms. The molecule has 4 rings (SSSR count). The molecule has 2 aliphatic rings. The Morgan fingerprint density at radius 2 is 1.82 bits per heavy atom. The molecule has 1 N–H and O–H groups in total. The maximum absolute atomic E-state index is 13.9. The van der Waals surface area contributed by atoms with Gasteiger partial charge in [-0.1, -0.05) is 25.3 Å². The molecule has 0 unspecified atom stereocenters. The van der Waals surface area contributed by atoms with Gasteiger partial charge in [0, 0.05) is 35.3 Å². The molecule has 1 aliphatic heterocycles. The maximum atomic E-state index is 13.9. The summed E-state index contributed by atoms with van der Waals surface area (Å²) in [5.41, 5.74) is 1.57. The lowest BCUT2D eigenvalue weighted by Crippen LogP contribution is -2.29. The number of hydrogen-bond donors (Lipinski definition) is 1. The molecular formula is C22H22F2N2O2. The van der Waals surface area contributed by atoms with E-state index in [1.807, 2.05) is 0 Å². The summed E-state index contributed by atoms with van der Waals surface area (Å²) in [5, 5.41) is 2.91. The van der Waals surface area contributed by atoms with Gasteiger partial charge in [0.05, 0.1) is 5.69 Å². The second kappa shape index (κ2) is 7.70. The van der Waals surface area contributed by atoms with Gasteiger partial charge in [-0.25, -0.2) is 8.78 Å². The fraction of sp³-hybridized carbons (Fsp3) is 0.364. The Morgan fingerprint density at radius 3 is 2.61 bits per heavy atom. The van der Waals surface area contributed by atoms with E-state index in [0.717, 1.165) is 31.7 Å². The van der Waals surface area contributed by atoms with E-state index in [2.05, 4.69) is 5.32 Å². The molecule has 0 saturated heterocycles. The first-order chi connectivity index (χ1) is 13.5. The fourth-order valence-corrected chi connectivity index (χ4v) is 4.13. The molecule has 146 valence electrons. The molecule has 1 aliphatic carbocycles. The van der Waals surface area contributed by atoms with Crippen molar-refractivity contribution in [3.05, 3.63) is 59.2 Å². The molecule has 2 aromatic rings. The molecule has 6 heteroatoms. The van der Waals surface area contributed by atoms with Crippen LogP contribution in [0, 0.1) is 17.6 Å². The summed E-state index contributed by atoms with van der Waals surface area (Å²) in [7, 11) is 0. The van der Waals surface area contributed by atoms with Crippen LogP contribution in [0.1, 0.15) is 48.0 Å². The van der Waals surface area contributed by atoms with E-state index >= 15 is 0 Å². The Balaban J connectivity index is 1.52.